The Morgan fingerprint density at radius 2 is 1.38 bits per heavy atom. The van der Waals surface area contributed by atoms with Crippen LogP contribution in [0.3, 0.4) is 0 Å². The summed E-state index contributed by atoms with van der Waals surface area (Å²) in [7, 11) is 3.34. The molecule has 0 radical (unpaired) electrons. The van der Waals surface area contributed by atoms with Gasteiger partial charge in [-0.25, -0.2) is 4.98 Å². The Morgan fingerprint density at radius 3 is 1.94 bits per heavy atom. The molecule has 0 bridgehead atoms. The predicted molar refractivity (Wildman–Crippen MR) is 137 cm³/mol. The first-order valence-electron chi connectivity index (χ1n) is 10.9. The lowest BCUT2D eigenvalue weighted by molar-refractivity contribution is 0.414. The van der Waals surface area contributed by atoms with Crippen molar-refractivity contribution in [2.24, 2.45) is 0 Å². The minimum Gasteiger partial charge on any atom is -0.497 e. The molecule has 3 aromatic carbocycles. The van der Waals surface area contributed by atoms with E-state index < -0.39 is 0 Å². The van der Waals surface area contributed by atoms with Crippen molar-refractivity contribution in [2.45, 2.75) is 6.54 Å². The molecule has 170 valence electrons. The third-order valence-electron chi connectivity index (χ3n) is 5.67. The molecule has 5 aromatic rings. The van der Waals surface area contributed by atoms with Crippen molar-refractivity contribution < 1.29 is 13.9 Å². The first kappa shape index (κ1) is 22.0. The maximum absolute atomic E-state index is 5.95. The first-order chi connectivity index (χ1) is 16.7. The third kappa shape index (κ3) is 4.37. The Hall–Kier alpha value is -3.77. The summed E-state index contributed by atoms with van der Waals surface area (Å²) >= 11 is 3.44. The summed E-state index contributed by atoms with van der Waals surface area (Å²) in [6.45, 7) is 0.638. The van der Waals surface area contributed by atoms with Gasteiger partial charge in [-0.3, -0.25) is 0 Å². The van der Waals surface area contributed by atoms with Crippen molar-refractivity contribution in [3.05, 3.63) is 101 Å². The maximum Gasteiger partial charge on any atom is 0.177 e. The van der Waals surface area contributed by atoms with E-state index in [0.29, 0.717) is 17.0 Å². The summed E-state index contributed by atoms with van der Waals surface area (Å²) < 4.78 is 19.6. The molecule has 5 rings (SSSR count). The average molecular weight is 515 g/mol. The highest BCUT2D eigenvalue weighted by atomic mass is 79.9. The fourth-order valence-electron chi connectivity index (χ4n) is 3.99. The second-order valence-corrected chi connectivity index (χ2v) is 8.55. The lowest BCUT2D eigenvalue weighted by Crippen LogP contribution is -2.04. The first-order valence-corrected chi connectivity index (χ1v) is 11.6. The van der Waals surface area contributed by atoms with Crippen molar-refractivity contribution in [2.75, 3.05) is 14.2 Å². The van der Waals surface area contributed by atoms with Gasteiger partial charge in [0.05, 0.1) is 25.6 Å². The van der Waals surface area contributed by atoms with E-state index in [0.717, 1.165) is 39.8 Å². The predicted octanol–water partition coefficient (Wildman–Crippen LogP) is 7.31. The van der Waals surface area contributed by atoms with Crippen LogP contribution in [-0.4, -0.2) is 23.8 Å². The van der Waals surface area contributed by atoms with Gasteiger partial charge in [0.2, 0.25) is 0 Å². The number of nitrogens with zero attached hydrogens (tertiary/aromatic N) is 2. The Kier molecular flexibility index (Phi) is 6.23. The van der Waals surface area contributed by atoms with Crippen LogP contribution in [0.4, 0.5) is 0 Å². The highest BCUT2D eigenvalue weighted by Gasteiger charge is 2.23. The molecule has 0 fully saturated rings. The van der Waals surface area contributed by atoms with E-state index >= 15 is 0 Å². The van der Waals surface area contributed by atoms with E-state index in [2.05, 4.69) is 44.8 Å². The molecule has 0 aliphatic heterocycles. The highest BCUT2D eigenvalue weighted by molar-refractivity contribution is 9.10. The number of halogens is 1. The molecule has 2 heterocycles. The van der Waals surface area contributed by atoms with E-state index in [1.807, 2.05) is 66.7 Å². The zero-order valence-corrected chi connectivity index (χ0v) is 20.5. The van der Waals surface area contributed by atoms with Crippen LogP contribution in [0.2, 0.25) is 0 Å². The number of ether oxygens (including phenoxy) is 2. The molecule has 2 aromatic heterocycles. The van der Waals surface area contributed by atoms with Gasteiger partial charge in [-0.1, -0.05) is 30.3 Å². The second kappa shape index (κ2) is 9.61. The quantitative estimate of drug-likeness (QED) is 0.228. The Bertz CT molecular complexity index is 1390. The van der Waals surface area contributed by atoms with Crippen LogP contribution in [0.5, 0.6) is 11.5 Å². The zero-order valence-electron chi connectivity index (χ0n) is 18.9. The number of furan rings is 1. The van der Waals surface area contributed by atoms with Gasteiger partial charge in [0.15, 0.2) is 16.3 Å². The molecule has 0 aliphatic rings. The maximum atomic E-state index is 5.95. The number of hydrogen-bond acceptors (Lipinski definition) is 4. The Morgan fingerprint density at radius 1 is 0.765 bits per heavy atom. The van der Waals surface area contributed by atoms with Gasteiger partial charge >= 0.3 is 0 Å². The molecule has 0 amide bonds. The van der Waals surface area contributed by atoms with Crippen molar-refractivity contribution >= 4 is 15.9 Å². The third-order valence-corrected chi connectivity index (χ3v) is 6.10. The minimum absolute atomic E-state index is 0.638. The van der Waals surface area contributed by atoms with E-state index in [4.69, 9.17) is 18.9 Å². The SMILES string of the molecule is COc1ccc(-c2nc(-c3ccc(Br)o3)n(Cc3ccccc3)c2-c2ccc(OC)cc2)cc1. The van der Waals surface area contributed by atoms with Gasteiger partial charge in [0, 0.05) is 17.7 Å². The number of hydrogen-bond donors (Lipinski definition) is 0. The summed E-state index contributed by atoms with van der Waals surface area (Å²) in [5, 5.41) is 0. The molecular formula is C28H23BrN2O3. The molecule has 0 aliphatic carbocycles. The molecule has 0 unspecified atom stereocenters. The lowest BCUT2D eigenvalue weighted by Gasteiger charge is -2.13. The average Bonchev–Trinajstić information content (AvgIpc) is 3.48. The van der Waals surface area contributed by atoms with Crippen LogP contribution >= 0.6 is 15.9 Å². The smallest absolute Gasteiger partial charge is 0.177 e. The second-order valence-electron chi connectivity index (χ2n) is 7.77. The Labute approximate surface area is 206 Å². The molecule has 0 atom stereocenters. The van der Waals surface area contributed by atoms with E-state index in [9.17, 15) is 0 Å². The van der Waals surface area contributed by atoms with Gasteiger partial charge in [-0.15, -0.1) is 0 Å². The zero-order chi connectivity index (χ0) is 23.5. The van der Waals surface area contributed by atoms with Gasteiger partial charge in [0.25, 0.3) is 0 Å². The van der Waals surface area contributed by atoms with Gasteiger partial charge < -0.3 is 18.5 Å². The number of imidazole rings is 1. The molecule has 0 saturated heterocycles. The van der Waals surface area contributed by atoms with Crippen LogP contribution in [0, 0.1) is 0 Å². The van der Waals surface area contributed by atoms with Crippen molar-refractivity contribution in [3.8, 4) is 45.6 Å². The topological polar surface area (TPSA) is 49.4 Å². The number of methoxy groups -OCH3 is 2. The Balaban J connectivity index is 1.76. The van der Waals surface area contributed by atoms with E-state index in [-0.39, 0.29) is 0 Å². The molecule has 0 spiro atoms. The van der Waals surface area contributed by atoms with Gasteiger partial charge in [-0.05, 0) is 82.2 Å². The molecule has 6 heteroatoms. The van der Waals surface area contributed by atoms with Crippen LogP contribution < -0.4 is 9.47 Å². The fourth-order valence-corrected chi connectivity index (χ4v) is 4.29. The highest BCUT2D eigenvalue weighted by Crippen LogP contribution is 2.38. The summed E-state index contributed by atoms with van der Waals surface area (Å²) in [6, 6.07) is 30.2. The molecule has 34 heavy (non-hydrogen) atoms. The monoisotopic (exact) mass is 514 g/mol. The normalized spacial score (nSPS) is 10.9. The van der Waals surface area contributed by atoms with Crippen LogP contribution in [-0.2, 0) is 6.54 Å². The minimum atomic E-state index is 0.638. The lowest BCUT2D eigenvalue weighted by atomic mass is 10.0. The number of benzene rings is 3. The van der Waals surface area contributed by atoms with Crippen molar-refractivity contribution in [1.82, 2.24) is 9.55 Å². The summed E-state index contributed by atoms with van der Waals surface area (Å²) in [4.78, 5) is 5.11. The fraction of sp³-hybridized carbons (Fsp3) is 0.107. The van der Waals surface area contributed by atoms with Crippen molar-refractivity contribution in [1.29, 1.82) is 0 Å². The van der Waals surface area contributed by atoms with Gasteiger partial charge in [0.1, 0.15) is 11.5 Å². The molecular weight excluding hydrogens is 492 g/mol. The van der Waals surface area contributed by atoms with E-state index in [1.54, 1.807) is 14.2 Å². The standard InChI is InChI=1S/C28H23BrN2O3/c1-32-22-12-8-20(9-13-22)26-27(21-10-14-23(33-2)15-11-21)31(18-19-6-4-3-5-7-19)28(30-26)24-16-17-25(29)34-24/h3-17H,18H2,1-2H3. The molecule has 5 nitrogen and oxygen atoms in total. The van der Waals surface area contributed by atoms with E-state index in [1.165, 1.54) is 5.56 Å². The van der Waals surface area contributed by atoms with Crippen molar-refractivity contribution in [3.63, 3.8) is 0 Å². The molecule has 0 N–H and O–H groups in total. The summed E-state index contributed by atoms with van der Waals surface area (Å²) in [5.74, 6) is 3.05. The summed E-state index contributed by atoms with van der Waals surface area (Å²) in [6.07, 6.45) is 0. The number of aromatic nitrogens is 2. The summed E-state index contributed by atoms with van der Waals surface area (Å²) in [5.41, 5.74) is 5.06. The molecule has 0 saturated carbocycles. The van der Waals surface area contributed by atoms with Crippen LogP contribution in [0.1, 0.15) is 5.56 Å². The van der Waals surface area contributed by atoms with Gasteiger partial charge in [-0.2, -0.15) is 0 Å². The van der Waals surface area contributed by atoms with Crippen LogP contribution in [0.15, 0.2) is 100 Å². The van der Waals surface area contributed by atoms with Crippen LogP contribution in [0.25, 0.3) is 34.1 Å². The number of rotatable bonds is 7. The largest absolute Gasteiger partial charge is 0.497 e.